The van der Waals surface area contributed by atoms with E-state index in [0.717, 1.165) is 0 Å². The fraction of sp³-hybridized carbons (Fsp3) is 0.357. The van der Waals surface area contributed by atoms with Crippen molar-refractivity contribution in [1.82, 2.24) is 10.1 Å². The van der Waals surface area contributed by atoms with Crippen LogP contribution in [0.4, 0.5) is 0 Å². The maximum atomic E-state index is 11.3. The molecule has 2 rings (SSSR count). The lowest BCUT2D eigenvalue weighted by molar-refractivity contribution is 0.0600. The van der Waals surface area contributed by atoms with Gasteiger partial charge in [0, 0.05) is 5.92 Å². The van der Waals surface area contributed by atoms with Crippen molar-refractivity contribution >= 4 is 5.97 Å². The number of aromatic nitrogens is 2. The highest BCUT2D eigenvalue weighted by Gasteiger charge is 2.10. The second-order valence-corrected chi connectivity index (χ2v) is 4.51. The van der Waals surface area contributed by atoms with Crippen molar-refractivity contribution in [2.24, 2.45) is 0 Å². The summed E-state index contributed by atoms with van der Waals surface area (Å²) in [4.78, 5) is 15.5. The van der Waals surface area contributed by atoms with Crippen molar-refractivity contribution in [3.05, 3.63) is 41.5 Å². The number of carbonyl (C=O) groups excluding carboxylic acids is 1. The Morgan fingerprint density at radius 2 is 2.00 bits per heavy atom. The summed E-state index contributed by atoms with van der Waals surface area (Å²) in [5, 5.41) is 3.83. The lowest BCUT2D eigenvalue weighted by atomic mass is 10.2. The SMILES string of the molecule is COC(=O)c1ccc(OCc2noc(C(C)C)n2)cc1. The van der Waals surface area contributed by atoms with Gasteiger partial charge in [-0.05, 0) is 24.3 Å². The van der Waals surface area contributed by atoms with E-state index in [1.807, 2.05) is 13.8 Å². The van der Waals surface area contributed by atoms with Crippen molar-refractivity contribution in [2.45, 2.75) is 26.4 Å². The van der Waals surface area contributed by atoms with Crippen LogP contribution >= 0.6 is 0 Å². The Morgan fingerprint density at radius 3 is 2.55 bits per heavy atom. The number of ether oxygens (including phenoxy) is 2. The molecule has 106 valence electrons. The first-order valence-electron chi connectivity index (χ1n) is 6.24. The zero-order valence-corrected chi connectivity index (χ0v) is 11.6. The molecule has 1 heterocycles. The number of rotatable bonds is 5. The Balaban J connectivity index is 1.95. The molecule has 0 aliphatic rings. The van der Waals surface area contributed by atoms with Crippen molar-refractivity contribution < 1.29 is 18.8 Å². The van der Waals surface area contributed by atoms with Crippen molar-refractivity contribution in [3.8, 4) is 5.75 Å². The first-order valence-corrected chi connectivity index (χ1v) is 6.24. The summed E-state index contributed by atoms with van der Waals surface area (Å²) in [5.41, 5.74) is 0.474. The number of methoxy groups -OCH3 is 1. The lowest BCUT2D eigenvalue weighted by Crippen LogP contribution is -2.01. The summed E-state index contributed by atoms with van der Waals surface area (Å²) in [6.07, 6.45) is 0. The van der Waals surface area contributed by atoms with E-state index in [1.165, 1.54) is 7.11 Å². The van der Waals surface area contributed by atoms with Gasteiger partial charge in [0.15, 0.2) is 6.61 Å². The van der Waals surface area contributed by atoms with E-state index in [9.17, 15) is 4.79 Å². The first-order chi connectivity index (χ1) is 9.60. The molecule has 0 saturated carbocycles. The van der Waals surface area contributed by atoms with Gasteiger partial charge in [-0.1, -0.05) is 19.0 Å². The van der Waals surface area contributed by atoms with Crippen LogP contribution in [0, 0.1) is 0 Å². The molecule has 20 heavy (non-hydrogen) atoms. The van der Waals surface area contributed by atoms with E-state index in [1.54, 1.807) is 24.3 Å². The average molecular weight is 276 g/mol. The van der Waals surface area contributed by atoms with Crippen LogP contribution in [0.2, 0.25) is 0 Å². The van der Waals surface area contributed by atoms with Crippen LogP contribution in [0.25, 0.3) is 0 Å². The predicted octanol–water partition coefficient (Wildman–Crippen LogP) is 2.56. The number of hydrogen-bond donors (Lipinski definition) is 0. The van der Waals surface area contributed by atoms with Crippen LogP contribution in [0.3, 0.4) is 0 Å². The van der Waals surface area contributed by atoms with Crippen LogP contribution in [-0.2, 0) is 11.3 Å². The van der Waals surface area contributed by atoms with Crippen molar-refractivity contribution in [3.63, 3.8) is 0 Å². The topological polar surface area (TPSA) is 74.5 Å². The van der Waals surface area contributed by atoms with Crippen molar-refractivity contribution in [2.75, 3.05) is 7.11 Å². The maximum absolute atomic E-state index is 11.3. The zero-order valence-electron chi connectivity index (χ0n) is 11.6. The third kappa shape index (κ3) is 3.34. The summed E-state index contributed by atoms with van der Waals surface area (Å²) in [5.74, 6) is 1.51. The maximum Gasteiger partial charge on any atom is 0.337 e. The molecule has 1 aromatic carbocycles. The normalized spacial score (nSPS) is 10.6. The average Bonchev–Trinajstić information content (AvgIpc) is 2.94. The predicted molar refractivity (Wildman–Crippen MR) is 70.5 cm³/mol. The van der Waals surface area contributed by atoms with Gasteiger partial charge >= 0.3 is 5.97 Å². The molecule has 1 aromatic heterocycles. The van der Waals surface area contributed by atoms with Gasteiger partial charge in [-0.3, -0.25) is 0 Å². The third-order valence-electron chi connectivity index (χ3n) is 2.62. The summed E-state index contributed by atoms with van der Waals surface area (Å²) in [7, 11) is 1.34. The molecule has 0 bridgehead atoms. The largest absolute Gasteiger partial charge is 0.485 e. The van der Waals surface area contributed by atoms with E-state index < -0.39 is 0 Å². The Labute approximate surface area is 116 Å². The second kappa shape index (κ2) is 6.18. The molecule has 0 spiro atoms. The Kier molecular flexibility index (Phi) is 4.34. The summed E-state index contributed by atoms with van der Waals surface area (Å²) < 4.78 is 15.2. The molecular formula is C14H16N2O4. The second-order valence-electron chi connectivity index (χ2n) is 4.51. The highest BCUT2D eigenvalue weighted by molar-refractivity contribution is 5.89. The minimum Gasteiger partial charge on any atom is -0.485 e. The monoisotopic (exact) mass is 276 g/mol. The van der Waals surface area contributed by atoms with Gasteiger partial charge in [-0.15, -0.1) is 0 Å². The number of nitrogens with zero attached hydrogens (tertiary/aromatic N) is 2. The van der Waals surface area contributed by atoms with E-state index >= 15 is 0 Å². The van der Waals surface area contributed by atoms with E-state index in [4.69, 9.17) is 9.26 Å². The molecule has 6 nitrogen and oxygen atoms in total. The summed E-state index contributed by atoms with van der Waals surface area (Å²) in [6, 6.07) is 6.65. The van der Waals surface area contributed by atoms with Gasteiger partial charge in [0.2, 0.25) is 11.7 Å². The molecule has 0 unspecified atom stereocenters. The Hall–Kier alpha value is -2.37. The summed E-state index contributed by atoms with van der Waals surface area (Å²) in [6.45, 7) is 4.17. The first kappa shape index (κ1) is 14.0. The van der Waals surface area contributed by atoms with Gasteiger partial charge in [-0.25, -0.2) is 4.79 Å². The molecular weight excluding hydrogens is 260 g/mol. The molecule has 0 aliphatic heterocycles. The van der Waals surface area contributed by atoms with Crippen LogP contribution in [-0.4, -0.2) is 23.2 Å². The third-order valence-corrected chi connectivity index (χ3v) is 2.62. The quantitative estimate of drug-likeness (QED) is 0.781. The molecule has 0 fully saturated rings. The van der Waals surface area contributed by atoms with Gasteiger partial charge in [0.05, 0.1) is 12.7 Å². The summed E-state index contributed by atoms with van der Waals surface area (Å²) >= 11 is 0. The molecule has 0 atom stereocenters. The van der Waals surface area contributed by atoms with Gasteiger partial charge in [0.1, 0.15) is 5.75 Å². The minimum atomic E-state index is -0.378. The number of esters is 1. The smallest absolute Gasteiger partial charge is 0.337 e. The number of hydrogen-bond acceptors (Lipinski definition) is 6. The molecule has 0 aliphatic carbocycles. The molecule has 2 aromatic rings. The molecule has 6 heteroatoms. The minimum absolute atomic E-state index is 0.190. The molecule has 0 saturated heterocycles. The Bertz CT molecular complexity index is 575. The fourth-order valence-corrected chi connectivity index (χ4v) is 1.51. The molecule has 0 N–H and O–H groups in total. The van der Waals surface area contributed by atoms with Crippen LogP contribution in [0.1, 0.15) is 41.8 Å². The van der Waals surface area contributed by atoms with E-state index in [2.05, 4.69) is 14.9 Å². The number of benzene rings is 1. The standard InChI is InChI=1S/C14H16N2O4/c1-9(2)13-15-12(16-20-13)8-19-11-6-4-10(5-7-11)14(17)18-3/h4-7,9H,8H2,1-3H3. The van der Waals surface area contributed by atoms with Gasteiger partial charge < -0.3 is 14.0 Å². The van der Waals surface area contributed by atoms with E-state index in [-0.39, 0.29) is 18.5 Å². The van der Waals surface area contributed by atoms with Crippen molar-refractivity contribution in [1.29, 1.82) is 0 Å². The van der Waals surface area contributed by atoms with Crippen LogP contribution in [0.5, 0.6) is 5.75 Å². The zero-order chi connectivity index (χ0) is 14.5. The number of carbonyl (C=O) groups is 1. The highest BCUT2D eigenvalue weighted by atomic mass is 16.5. The van der Waals surface area contributed by atoms with Crippen LogP contribution in [0.15, 0.2) is 28.8 Å². The highest BCUT2D eigenvalue weighted by Crippen LogP contribution is 2.15. The molecule has 0 radical (unpaired) electrons. The fourth-order valence-electron chi connectivity index (χ4n) is 1.51. The lowest BCUT2D eigenvalue weighted by Gasteiger charge is -2.04. The van der Waals surface area contributed by atoms with Crippen LogP contribution < -0.4 is 4.74 Å². The molecule has 0 amide bonds. The van der Waals surface area contributed by atoms with Gasteiger partial charge in [0.25, 0.3) is 0 Å². The van der Waals surface area contributed by atoms with E-state index in [0.29, 0.717) is 23.0 Å². The van der Waals surface area contributed by atoms with Gasteiger partial charge in [-0.2, -0.15) is 4.98 Å². The Morgan fingerprint density at radius 1 is 1.30 bits per heavy atom.